The molecule has 0 aliphatic rings. The van der Waals surface area contributed by atoms with Crippen molar-refractivity contribution in [3.8, 4) is 0 Å². The molecule has 0 aromatic rings. The van der Waals surface area contributed by atoms with Crippen LogP contribution in [0.2, 0.25) is 0 Å². The molecule has 0 saturated heterocycles. The third kappa shape index (κ3) is 10.6. The Labute approximate surface area is 104 Å². The Morgan fingerprint density at radius 1 is 1.36 bits per heavy atom. The van der Waals surface area contributed by atoms with Crippen molar-refractivity contribution < 1.29 is 19.8 Å². The number of nitrogens with two attached hydrogens (primary N) is 1. The maximum absolute atomic E-state index is 9.71. The first-order valence-electron chi connectivity index (χ1n) is 2.20. The van der Waals surface area contributed by atoms with Crippen molar-refractivity contribution in [3.05, 3.63) is 0 Å². The van der Waals surface area contributed by atoms with E-state index in [0.29, 0.717) is 0 Å². The second-order valence-corrected chi connectivity index (χ2v) is 1.50. The zero-order valence-electron chi connectivity index (χ0n) is 5.61. The Balaban J connectivity index is -0.000000320. The van der Waals surface area contributed by atoms with Gasteiger partial charge in [0.05, 0.1) is 5.97 Å². The van der Waals surface area contributed by atoms with Crippen LogP contribution in [0.25, 0.3) is 0 Å². The first-order chi connectivity index (χ1) is 4.04. The van der Waals surface area contributed by atoms with E-state index in [1.807, 2.05) is 0 Å². The van der Waals surface area contributed by atoms with E-state index in [1.165, 1.54) is 0 Å². The average molecular weight is 252 g/mol. The molecule has 0 aliphatic heterocycles. The molecular formula is C4H6BrCaNO4. The number of carbonyl (C=O) groups excluding carboxylic acids is 2. The van der Waals surface area contributed by atoms with Gasteiger partial charge in [-0.05, 0) is 0 Å². The molecule has 0 spiro atoms. The molecule has 0 saturated carbocycles. The summed E-state index contributed by atoms with van der Waals surface area (Å²) in [5, 5.41) is 19.3. The summed E-state index contributed by atoms with van der Waals surface area (Å²) in [5.41, 5.74) is 4.73. The van der Waals surface area contributed by atoms with E-state index in [0.717, 1.165) is 0 Å². The van der Waals surface area contributed by atoms with Crippen LogP contribution in [-0.4, -0.2) is 55.7 Å². The molecule has 7 heteroatoms. The minimum Gasteiger partial charge on any atom is -0.550 e. The van der Waals surface area contributed by atoms with Gasteiger partial charge in [0.1, 0.15) is 0 Å². The first kappa shape index (κ1) is 17.7. The van der Waals surface area contributed by atoms with E-state index in [2.05, 4.69) is 0 Å². The van der Waals surface area contributed by atoms with E-state index in [-0.39, 0.29) is 54.7 Å². The smallest absolute Gasteiger partial charge is 0.550 e. The Morgan fingerprint density at radius 3 is 1.82 bits per heavy atom. The maximum atomic E-state index is 9.71. The van der Waals surface area contributed by atoms with Crippen molar-refractivity contribution in [3.63, 3.8) is 0 Å². The molecule has 0 bridgehead atoms. The Hall–Kier alpha value is 0.640. The Bertz CT molecular complexity index is 142. The summed E-state index contributed by atoms with van der Waals surface area (Å²) in [5.74, 6) is -3.08. The van der Waals surface area contributed by atoms with Gasteiger partial charge in [-0.2, -0.15) is 0 Å². The molecule has 0 amide bonds. The largest absolute Gasteiger partial charge is 2.00 e. The van der Waals surface area contributed by atoms with Gasteiger partial charge in [0.15, 0.2) is 0 Å². The van der Waals surface area contributed by atoms with Gasteiger partial charge in [-0.1, -0.05) is 0 Å². The number of carboxylic acid groups (broad SMARTS) is 2. The van der Waals surface area contributed by atoms with Crippen LogP contribution >= 0.6 is 17.0 Å². The van der Waals surface area contributed by atoms with Gasteiger partial charge in [-0.3, -0.25) is 0 Å². The first-order valence-corrected chi connectivity index (χ1v) is 2.20. The van der Waals surface area contributed by atoms with Crippen molar-refractivity contribution in [2.75, 3.05) is 0 Å². The number of hydrogen-bond acceptors (Lipinski definition) is 5. The number of rotatable bonds is 3. The van der Waals surface area contributed by atoms with E-state index in [9.17, 15) is 19.8 Å². The van der Waals surface area contributed by atoms with Gasteiger partial charge in [-0.25, -0.2) is 0 Å². The maximum Gasteiger partial charge on any atom is 2.00 e. The molecule has 0 radical (unpaired) electrons. The third-order valence-corrected chi connectivity index (χ3v) is 0.689. The Kier molecular flexibility index (Phi) is 14.0. The predicted octanol–water partition coefficient (Wildman–Crippen LogP) is -3.60. The molecule has 0 heterocycles. The topological polar surface area (TPSA) is 106 Å². The molecule has 0 rings (SSSR count). The standard InChI is InChI=1S/C4H7NO4.BrH.Ca/c5-2(4(8)9)1-3(6)7;;/h2H,1,5H2,(H,6,7)(H,8,9);1H;/q;;+2/p-2/t2-;;/m0../s1. The van der Waals surface area contributed by atoms with Gasteiger partial charge in [0.25, 0.3) is 0 Å². The van der Waals surface area contributed by atoms with Crippen LogP contribution in [0.4, 0.5) is 0 Å². The Morgan fingerprint density at radius 2 is 1.73 bits per heavy atom. The minimum atomic E-state index is -1.58. The summed E-state index contributed by atoms with van der Waals surface area (Å²) in [6.07, 6.45) is -0.706. The monoisotopic (exact) mass is 251 g/mol. The van der Waals surface area contributed by atoms with E-state index < -0.39 is 24.4 Å². The number of aliphatic carboxylic acids is 2. The molecule has 0 aromatic carbocycles. The van der Waals surface area contributed by atoms with Crippen molar-refractivity contribution in [2.45, 2.75) is 12.5 Å². The minimum absolute atomic E-state index is 0. The molecule has 11 heavy (non-hydrogen) atoms. The summed E-state index contributed by atoms with van der Waals surface area (Å²) in [6, 6.07) is -1.46. The molecule has 60 valence electrons. The predicted molar refractivity (Wildman–Crippen MR) is 38.7 cm³/mol. The van der Waals surface area contributed by atoms with Gasteiger partial charge in [0, 0.05) is 18.4 Å². The third-order valence-electron chi connectivity index (χ3n) is 0.689. The zero-order valence-corrected chi connectivity index (χ0v) is 9.53. The average Bonchev–Trinajstić information content (AvgIpc) is 1.63. The second kappa shape index (κ2) is 8.73. The van der Waals surface area contributed by atoms with Gasteiger partial charge in [0.2, 0.25) is 0 Å². The molecule has 2 N–H and O–H groups in total. The van der Waals surface area contributed by atoms with Crippen molar-refractivity contribution >= 4 is 66.7 Å². The van der Waals surface area contributed by atoms with Crippen molar-refractivity contribution in [1.82, 2.24) is 0 Å². The fourth-order valence-electron chi connectivity index (χ4n) is 0.263. The van der Waals surface area contributed by atoms with Crippen LogP contribution in [0.5, 0.6) is 0 Å². The summed E-state index contributed by atoms with van der Waals surface area (Å²) in [7, 11) is 0. The number of halogens is 1. The number of carboxylic acids is 2. The van der Waals surface area contributed by atoms with Gasteiger partial charge >= 0.3 is 37.7 Å². The van der Waals surface area contributed by atoms with Crippen LogP contribution in [0.3, 0.4) is 0 Å². The fourth-order valence-corrected chi connectivity index (χ4v) is 0.263. The van der Waals surface area contributed by atoms with E-state index in [1.54, 1.807) is 0 Å². The SMILES string of the molecule is Br.N[C@@H](CC(=O)[O-])C(=O)[O-].[Ca+2]. The van der Waals surface area contributed by atoms with E-state index in [4.69, 9.17) is 5.73 Å². The van der Waals surface area contributed by atoms with Gasteiger partial charge < -0.3 is 25.5 Å². The number of hydrogen-bond donors (Lipinski definition) is 1. The van der Waals surface area contributed by atoms with Crippen molar-refractivity contribution in [2.24, 2.45) is 5.73 Å². The van der Waals surface area contributed by atoms with Crippen LogP contribution in [-0.2, 0) is 9.59 Å². The molecule has 1 atom stereocenters. The van der Waals surface area contributed by atoms with Gasteiger partial charge in [-0.15, -0.1) is 17.0 Å². The molecule has 5 nitrogen and oxygen atoms in total. The van der Waals surface area contributed by atoms with Crippen LogP contribution in [0, 0.1) is 0 Å². The molecule has 0 fully saturated rings. The van der Waals surface area contributed by atoms with Crippen LogP contribution < -0.4 is 15.9 Å². The molecule has 0 aliphatic carbocycles. The summed E-state index contributed by atoms with van der Waals surface area (Å²) in [4.78, 5) is 19.3. The summed E-state index contributed by atoms with van der Waals surface area (Å²) >= 11 is 0. The van der Waals surface area contributed by atoms with Crippen LogP contribution in [0.15, 0.2) is 0 Å². The van der Waals surface area contributed by atoms with E-state index >= 15 is 0 Å². The number of carbonyl (C=O) groups is 2. The summed E-state index contributed by atoms with van der Waals surface area (Å²) in [6.45, 7) is 0. The second-order valence-electron chi connectivity index (χ2n) is 1.50. The fraction of sp³-hybridized carbons (Fsp3) is 0.500. The van der Waals surface area contributed by atoms with Crippen LogP contribution in [0.1, 0.15) is 6.42 Å². The molecule has 0 aromatic heterocycles. The zero-order chi connectivity index (χ0) is 7.44. The quantitative estimate of drug-likeness (QED) is 0.522. The summed E-state index contributed by atoms with van der Waals surface area (Å²) < 4.78 is 0. The molecular weight excluding hydrogens is 246 g/mol. The normalized spacial score (nSPS) is 10.3. The molecule has 0 unspecified atom stereocenters. The van der Waals surface area contributed by atoms with Crippen molar-refractivity contribution in [1.29, 1.82) is 0 Å².